The van der Waals surface area contributed by atoms with Gasteiger partial charge in [-0.25, -0.2) is 14.6 Å². The lowest BCUT2D eigenvalue weighted by Gasteiger charge is -2.12. The minimum absolute atomic E-state index is 0.0430. The van der Waals surface area contributed by atoms with E-state index in [0.717, 1.165) is 12.3 Å². The summed E-state index contributed by atoms with van der Waals surface area (Å²) in [6.45, 7) is 2.12. The maximum absolute atomic E-state index is 13.3. The maximum atomic E-state index is 13.3. The van der Waals surface area contributed by atoms with Crippen molar-refractivity contribution in [1.82, 2.24) is 25.1 Å². The highest BCUT2D eigenvalue weighted by atomic mass is 16.6. The molecule has 3 aromatic rings. The second-order valence-electron chi connectivity index (χ2n) is 6.80. The number of hydrogen-bond donors (Lipinski definition) is 2. The number of carbonyl (C=O) groups is 2. The number of ether oxygens (including phenoxy) is 2. The van der Waals surface area contributed by atoms with Crippen LogP contribution < -0.4 is 15.4 Å². The van der Waals surface area contributed by atoms with Crippen LogP contribution in [-0.4, -0.2) is 63.9 Å². The van der Waals surface area contributed by atoms with Crippen molar-refractivity contribution in [2.24, 2.45) is 0 Å². The first kappa shape index (κ1) is 24.3. The summed E-state index contributed by atoms with van der Waals surface area (Å²) in [6.07, 6.45) is 2.96. The van der Waals surface area contributed by atoms with Gasteiger partial charge in [-0.1, -0.05) is 13.0 Å². The summed E-state index contributed by atoms with van der Waals surface area (Å²) in [5.74, 6) is -0.958. The second kappa shape index (κ2) is 11.0. The molecule has 3 aromatic heterocycles. The molecule has 0 unspecified atom stereocenters. The van der Waals surface area contributed by atoms with Gasteiger partial charge in [-0.15, -0.1) is 0 Å². The summed E-state index contributed by atoms with van der Waals surface area (Å²) in [7, 11) is 2.91. The molecule has 3 heterocycles. The van der Waals surface area contributed by atoms with Crippen LogP contribution in [0.1, 0.15) is 33.5 Å². The third-order valence-corrected chi connectivity index (χ3v) is 4.68. The predicted molar refractivity (Wildman–Crippen MR) is 120 cm³/mol. The first-order chi connectivity index (χ1) is 16.4. The minimum Gasteiger partial charge on any atom is -0.475 e. The van der Waals surface area contributed by atoms with Gasteiger partial charge in [-0.05, 0) is 18.6 Å². The Balaban J connectivity index is 2.07. The van der Waals surface area contributed by atoms with E-state index in [4.69, 9.17) is 9.47 Å². The summed E-state index contributed by atoms with van der Waals surface area (Å²) in [5, 5.41) is 20.8. The Morgan fingerprint density at radius 1 is 1.21 bits per heavy atom. The standard InChI is InChI=1S/C21H23N7O6/c1-4-15-17(18(20(30)22-2)26-27(15)16-7-5-6-8-23-16)25-19(29)14-11-13(28(31)32)12-24-21(14)34-10-9-33-3/h5-8,11-12H,4,9-10H2,1-3H3,(H,22,30)(H,25,29). The Bertz CT molecular complexity index is 1200. The Morgan fingerprint density at radius 2 is 2.00 bits per heavy atom. The molecular formula is C21H23N7O6. The van der Waals surface area contributed by atoms with Gasteiger partial charge in [0.15, 0.2) is 11.5 Å². The van der Waals surface area contributed by atoms with Gasteiger partial charge in [0.2, 0.25) is 5.88 Å². The fraction of sp³-hybridized carbons (Fsp3) is 0.286. The van der Waals surface area contributed by atoms with Gasteiger partial charge in [-0.2, -0.15) is 5.10 Å². The fourth-order valence-corrected chi connectivity index (χ4v) is 3.08. The maximum Gasteiger partial charge on any atom is 0.288 e. The lowest BCUT2D eigenvalue weighted by molar-refractivity contribution is -0.385. The normalized spacial score (nSPS) is 10.6. The van der Waals surface area contributed by atoms with Crippen molar-refractivity contribution in [2.45, 2.75) is 13.3 Å². The summed E-state index contributed by atoms with van der Waals surface area (Å²) < 4.78 is 11.9. The number of hydrogen-bond acceptors (Lipinski definition) is 9. The molecule has 0 aromatic carbocycles. The number of carbonyl (C=O) groups excluding carboxylic acids is 2. The first-order valence-corrected chi connectivity index (χ1v) is 10.2. The SMILES string of the molecule is CCc1c(NC(=O)c2cc([N+](=O)[O-])cnc2OCCOC)c(C(=O)NC)nn1-c1ccccn1. The number of anilines is 1. The summed E-state index contributed by atoms with van der Waals surface area (Å²) in [4.78, 5) is 44.6. The van der Waals surface area contributed by atoms with Gasteiger partial charge in [0.05, 0.1) is 22.9 Å². The van der Waals surface area contributed by atoms with Gasteiger partial charge in [-0.3, -0.25) is 19.7 Å². The van der Waals surface area contributed by atoms with Gasteiger partial charge in [0, 0.05) is 26.4 Å². The van der Waals surface area contributed by atoms with Crippen LogP contribution in [-0.2, 0) is 11.2 Å². The van der Waals surface area contributed by atoms with E-state index >= 15 is 0 Å². The molecule has 3 rings (SSSR count). The van der Waals surface area contributed by atoms with Gasteiger partial charge < -0.3 is 20.1 Å². The van der Waals surface area contributed by atoms with Crippen molar-refractivity contribution >= 4 is 23.2 Å². The molecule has 0 fully saturated rings. The molecule has 178 valence electrons. The van der Waals surface area contributed by atoms with E-state index in [1.807, 2.05) is 6.92 Å². The molecule has 0 saturated carbocycles. The molecule has 0 spiro atoms. The third-order valence-electron chi connectivity index (χ3n) is 4.68. The zero-order valence-electron chi connectivity index (χ0n) is 18.8. The number of rotatable bonds is 10. The number of pyridine rings is 2. The largest absolute Gasteiger partial charge is 0.475 e. The van der Waals surface area contributed by atoms with E-state index in [1.54, 1.807) is 24.4 Å². The lowest BCUT2D eigenvalue weighted by Crippen LogP contribution is -2.22. The van der Waals surface area contributed by atoms with Crippen LogP contribution in [0.3, 0.4) is 0 Å². The molecule has 0 aliphatic heterocycles. The molecule has 0 aliphatic carbocycles. The lowest BCUT2D eigenvalue weighted by atomic mass is 10.2. The van der Waals surface area contributed by atoms with Crippen LogP contribution in [0.25, 0.3) is 5.82 Å². The van der Waals surface area contributed by atoms with Crippen molar-refractivity contribution in [2.75, 3.05) is 32.7 Å². The van der Waals surface area contributed by atoms with Crippen molar-refractivity contribution in [3.8, 4) is 11.7 Å². The Kier molecular flexibility index (Phi) is 7.82. The molecule has 0 bridgehead atoms. The zero-order chi connectivity index (χ0) is 24.7. The topological polar surface area (TPSA) is 163 Å². The second-order valence-corrected chi connectivity index (χ2v) is 6.80. The molecule has 2 N–H and O–H groups in total. The van der Waals surface area contributed by atoms with E-state index in [0.29, 0.717) is 17.9 Å². The zero-order valence-corrected chi connectivity index (χ0v) is 18.8. The van der Waals surface area contributed by atoms with E-state index in [1.165, 1.54) is 18.8 Å². The number of amides is 2. The average molecular weight is 469 g/mol. The van der Waals surface area contributed by atoms with E-state index in [2.05, 4.69) is 25.7 Å². The highest BCUT2D eigenvalue weighted by Gasteiger charge is 2.27. The quantitative estimate of drug-likeness (QED) is 0.256. The molecule has 2 amide bonds. The molecule has 0 atom stereocenters. The molecule has 13 heteroatoms. The highest BCUT2D eigenvalue weighted by Crippen LogP contribution is 2.27. The Morgan fingerprint density at radius 3 is 2.62 bits per heavy atom. The number of methoxy groups -OCH3 is 1. The molecule has 13 nitrogen and oxygen atoms in total. The summed E-state index contributed by atoms with van der Waals surface area (Å²) in [6, 6.07) is 6.26. The molecule has 0 radical (unpaired) electrons. The smallest absolute Gasteiger partial charge is 0.288 e. The van der Waals surface area contributed by atoms with Crippen molar-refractivity contribution < 1.29 is 24.0 Å². The number of nitrogens with zero attached hydrogens (tertiary/aromatic N) is 5. The molecular weight excluding hydrogens is 446 g/mol. The fourth-order valence-electron chi connectivity index (χ4n) is 3.08. The molecule has 0 saturated heterocycles. The predicted octanol–water partition coefficient (Wildman–Crippen LogP) is 1.77. The molecule has 34 heavy (non-hydrogen) atoms. The van der Waals surface area contributed by atoms with Gasteiger partial charge in [0.25, 0.3) is 17.5 Å². The third kappa shape index (κ3) is 5.15. The van der Waals surface area contributed by atoms with Crippen LogP contribution >= 0.6 is 0 Å². The average Bonchev–Trinajstić information content (AvgIpc) is 3.22. The van der Waals surface area contributed by atoms with Crippen molar-refractivity contribution in [3.63, 3.8) is 0 Å². The van der Waals surface area contributed by atoms with E-state index in [-0.39, 0.29) is 36.0 Å². The summed E-state index contributed by atoms with van der Waals surface area (Å²) >= 11 is 0. The van der Waals surface area contributed by atoms with E-state index in [9.17, 15) is 19.7 Å². The number of nitrogens with one attached hydrogen (secondary N) is 2. The van der Waals surface area contributed by atoms with Crippen LogP contribution in [0.4, 0.5) is 11.4 Å². The van der Waals surface area contributed by atoms with Crippen molar-refractivity contribution in [1.29, 1.82) is 0 Å². The monoisotopic (exact) mass is 469 g/mol. The van der Waals surface area contributed by atoms with Gasteiger partial charge in [0.1, 0.15) is 18.4 Å². The number of aromatic nitrogens is 4. The Labute approximate surface area is 194 Å². The van der Waals surface area contributed by atoms with E-state index < -0.39 is 22.4 Å². The number of nitro groups is 1. The van der Waals surface area contributed by atoms with Crippen LogP contribution in [0.5, 0.6) is 5.88 Å². The van der Waals surface area contributed by atoms with Crippen LogP contribution in [0.15, 0.2) is 36.7 Å². The van der Waals surface area contributed by atoms with Gasteiger partial charge >= 0.3 is 0 Å². The highest BCUT2D eigenvalue weighted by molar-refractivity contribution is 6.10. The summed E-state index contributed by atoms with van der Waals surface area (Å²) in [5.41, 5.74) is 0.0350. The Hall–Kier alpha value is -4.39. The minimum atomic E-state index is -0.760. The van der Waals surface area contributed by atoms with Crippen LogP contribution in [0, 0.1) is 10.1 Å². The molecule has 0 aliphatic rings. The first-order valence-electron chi connectivity index (χ1n) is 10.2. The van der Waals surface area contributed by atoms with Crippen molar-refractivity contribution in [3.05, 3.63) is 63.7 Å². The van der Waals surface area contributed by atoms with Crippen LogP contribution in [0.2, 0.25) is 0 Å².